The average molecular weight is 432 g/mol. The number of carbonyl (C=O) groups excluding carboxylic acids is 1. The highest BCUT2D eigenvalue weighted by atomic mass is 32.2. The van der Waals surface area contributed by atoms with Crippen LogP contribution >= 0.6 is 24.0 Å². The van der Waals surface area contributed by atoms with E-state index in [0.717, 1.165) is 24.8 Å². The Morgan fingerprint density at radius 3 is 2.62 bits per heavy atom. The molecule has 4 atom stereocenters. The first-order valence-electron chi connectivity index (χ1n) is 9.71. The normalized spacial score (nSPS) is 28.1. The first kappa shape index (κ1) is 21.6. The summed E-state index contributed by atoms with van der Waals surface area (Å²) >= 11 is 7.01. The van der Waals surface area contributed by atoms with E-state index in [9.17, 15) is 20.0 Å². The minimum Gasteiger partial charge on any atom is -0.480 e. The predicted octanol–water partition coefficient (Wildman–Crippen LogP) is 3.29. The van der Waals surface area contributed by atoms with Gasteiger partial charge in [-0.1, -0.05) is 62.3 Å². The van der Waals surface area contributed by atoms with Crippen LogP contribution < -0.4 is 5.32 Å². The van der Waals surface area contributed by atoms with Crippen molar-refractivity contribution in [2.75, 3.05) is 0 Å². The molecule has 6 nitrogen and oxygen atoms in total. The zero-order valence-electron chi connectivity index (χ0n) is 16.7. The van der Waals surface area contributed by atoms with Gasteiger partial charge < -0.3 is 15.3 Å². The molecule has 2 saturated heterocycles. The second-order valence-corrected chi connectivity index (χ2v) is 10.2. The second-order valence-electron chi connectivity index (χ2n) is 8.04. The third-order valence-electron chi connectivity index (χ3n) is 5.64. The van der Waals surface area contributed by atoms with Crippen molar-refractivity contribution in [3.05, 3.63) is 35.9 Å². The van der Waals surface area contributed by atoms with E-state index < -0.39 is 33.6 Å². The lowest BCUT2D eigenvalue weighted by atomic mass is 9.84. The zero-order valence-corrected chi connectivity index (χ0v) is 18.3. The predicted molar refractivity (Wildman–Crippen MR) is 117 cm³/mol. The van der Waals surface area contributed by atoms with Crippen molar-refractivity contribution < 1.29 is 14.7 Å². The fourth-order valence-electron chi connectivity index (χ4n) is 4.13. The van der Waals surface area contributed by atoms with E-state index in [2.05, 4.69) is 18.3 Å². The molecule has 0 spiro atoms. The third kappa shape index (κ3) is 3.51. The van der Waals surface area contributed by atoms with E-state index in [1.54, 1.807) is 13.8 Å². The van der Waals surface area contributed by atoms with Crippen LogP contribution in [0.15, 0.2) is 30.3 Å². The van der Waals surface area contributed by atoms with Gasteiger partial charge in [0, 0.05) is 10.7 Å². The van der Waals surface area contributed by atoms with Crippen LogP contribution in [0.4, 0.5) is 0 Å². The molecule has 1 aromatic rings. The van der Waals surface area contributed by atoms with Gasteiger partial charge in [-0.05, 0) is 25.8 Å². The Hall–Kier alpha value is -2.11. The van der Waals surface area contributed by atoms with Crippen molar-refractivity contribution in [1.29, 1.82) is 5.26 Å². The summed E-state index contributed by atoms with van der Waals surface area (Å²) in [5.41, 5.74) is -0.486. The quantitative estimate of drug-likeness (QED) is 0.505. The van der Waals surface area contributed by atoms with E-state index >= 15 is 0 Å². The molecule has 29 heavy (non-hydrogen) atoms. The molecule has 154 valence electrons. The van der Waals surface area contributed by atoms with Gasteiger partial charge in [0.05, 0.1) is 4.99 Å². The first-order chi connectivity index (χ1) is 13.7. The Morgan fingerprint density at radius 2 is 2.07 bits per heavy atom. The maximum atomic E-state index is 13.0. The number of carboxylic acids is 1. The van der Waals surface area contributed by atoms with Crippen molar-refractivity contribution >= 4 is 40.8 Å². The standard InChI is InChI=1S/C21H25N3O3S2/c1-4-5-11-14(13-9-7-6-8-10-13)16(28)23-21(12-22)18(27)24-15(17(25)26)20(2,3)29-19(21)24/h6-10,14-15,19H,4-5,11H2,1-3H3,(H,23,28)(H,25,26)/t14?,15-,19+,21-/m0/s1. The zero-order chi connectivity index (χ0) is 21.4. The molecule has 2 aliphatic rings. The van der Waals surface area contributed by atoms with E-state index in [0.29, 0.717) is 4.99 Å². The van der Waals surface area contributed by atoms with Crippen molar-refractivity contribution in [3.63, 3.8) is 0 Å². The lowest BCUT2D eigenvalue weighted by Gasteiger charge is -2.49. The fraction of sp³-hybridized carbons (Fsp3) is 0.524. The number of benzene rings is 1. The summed E-state index contributed by atoms with van der Waals surface area (Å²) in [6.07, 6.45) is 2.79. The number of carboxylic acid groups (broad SMARTS) is 1. The van der Waals surface area contributed by atoms with Gasteiger partial charge in [0.15, 0.2) is 0 Å². The van der Waals surface area contributed by atoms with Crippen LogP contribution in [0.2, 0.25) is 0 Å². The Kier molecular flexibility index (Phi) is 5.93. The largest absolute Gasteiger partial charge is 0.480 e. The number of thiocarbonyl (C=S) groups is 1. The van der Waals surface area contributed by atoms with E-state index in [4.69, 9.17) is 12.2 Å². The van der Waals surface area contributed by atoms with Gasteiger partial charge in [-0.15, -0.1) is 11.8 Å². The Bertz CT molecular complexity index is 868. The monoisotopic (exact) mass is 431 g/mol. The number of nitrogens with one attached hydrogen (secondary N) is 1. The van der Waals surface area contributed by atoms with E-state index in [1.807, 2.05) is 30.3 Å². The van der Waals surface area contributed by atoms with Gasteiger partial charge in [0.25, 0.3) is 5.91 Å². The number of amides is 1. The highest BCUT2D eigenvalue weighted by Gasteiger charge is 2.72. The summed E-state index contributed by atoms with van der Waals surface area (Å²) in [6.45, 7) is 5.68. The molecule has 2 N–H and O–H groups in total. The summed E-state index contributed by atoms with van der Waals surface area (Å²) in [4.78, 5) is 26.5. The number of hydrogen-bond donors (Lipinski definition) is 2. The third-order valence-corrected chi connectivity index (χ3v) is 7.66. The van der Waals surface area contributed by atoms with Crippen LogP contribution in [0.5, 0.6) is 0 Å². The molecule has 1 aromatic carbocycles. The summed E-state index contributed by atoms with van der Waals surface area (Å²) in [5, 5.41) is 22.0. The molecule has 0 aromatic heterocycles. The van der Waals surface area contributed by atoms with Crippen LogP contribution in [-0.2, 0) is 9.59 Å². The summed E-state index contributed by atoms with van der Waals surface area (Å²) < 4.78 is -0.699. The number of fused-ring (bicyclic) bond motifs is 1. The lowest BCUT2D eigenvalue weighted by Crippen LogP contribution is -2.79. The number of aliphatic carboxylic acids is 1. The Balaban J connectivity index is 1.87. The van der Waals surface area contributed by atoms with Gasteiger partial charge in [0.2, 0.25) is 5.54 Å². The summed E-state index contributed by atoms with van der Waals surface area (Å²) in [7, 11) is 0. The number of hydrogen-bond acceptors (Lipinski definition) is 5. The maximum absolute atomic E-state index is 13.0. The fourth-order valence-corrected chi connectivity index (χ4v) is 6.18. The highest BCUT2D eigenvalue weighted by Crippen LogP contribution is 2.54. The van der Waals surface area contributed by atoms with Crippen LogP contribution in [0.25, 0.3) is 0 Å². The number of nitrogens with zero attached hydrogens (tertiary/aromatic N) is 2. The number of rotatable bonds is 7. The molecular formula is C21H25N3O3S2. The minimum absolute atomic E-state index is 0.104. The second kappa shape index (κ2) is 7.96. The van der Waals surface area contributed by atoms with Crippen LogP contribution in [0, 0.1) is 11.3 Å². The molecule has 0 saturated carbocycles. The molecule has 8 heteroatoms. The topological polar surface area (TPSA) is 93.4 Å². The smallest absolute Gasteiger partial charge is 0.327 e. The number of β-lactam (4-membered cyclic amide) rings is 1. The Morgan fingerprint density at radius 1 is 1.41 bits per heavy atom. The molecule has 0 aliphatic carbocycles. The van der Waals surface area contributed by atoms with E-state index in [-0.39, 0.29) is 5.92 Å². The molecular weight excluding hydrogens is 406 g/mol. The van der Waals surface area contributed by atoms with Crippen LogP contribution in [0.3, 0.4) is 0 Å². The number of unbranched alkanes of at least 4 members (excludes halogenated alkanes) is 1. The van der Waals surface area contributed by atoms with Crippen molar-refractivity contribution in [2.45, 2.75) is 67.7 Å². The van der Waals surface area contributed by atoms with Crippen molar-refractivity contribution in [3.8, 4) is 6.07 Å². The van der Waals surface area contributed by atoms with Crippen LogP contribution in [-0.4, -0.2) is 48.6 Å². The van der Waals surface area contributed by atoms with Gasteiger partial charge in [-0.2, -0.15) is 5.26 Å². The molecule has 0 bridgehead atoms. The number of nitriles is 1. The molecule has 1 unspecified atom stereocenters. The average Bonchev–Trinajstić information content (AvgIpc) is 2.96. The Labute approximate surface area is 180 Å². The molecule has 2 heterocycles. The SMILES string of the molecule is CCCCC(C(=S)N[C@@]1(C#N)C(=O)N2[C@@H](C(=O)O)C(C)(C)S[C@@H]21)c1ccccc1. The van der Waals surface area contributed by atoms with Gasteiger partial charge in [0.1, 0.15) is 17.5 Å². The molecule has 3 rings (SSSR count). The van der Waals surface area contributed by atoms with Crippen LogP contribution in [0.1, 0.15) is 51.5 Å². The molecule has 0 radical (unpaired) electrons. The molecule has 2 fully saturated rings. The van der Waals surface area contributed by atoms with Gasteiger partial charge in [-0.3, -0.25) is 4.79 Å². The molecule has 2 aliphatic heterocycles. The first-order valence-corrected chi connectivity index (χ1v) is 11.0. The number of carbonyl (C=O) groups is 2. The van der Waals surface area contributed by atoms with Crippen molar-refractivity contribution in [2.24, 2.45) is 0 Å². The minimum atomic E-state index is -1.53. The van der Waals surface area contributed by atoms with Crippen molar-refractivity contribution in [1.82, 2.24) is 10.2 Å². The lowest BCUT2D eigenvalue weighted by molar-refractivity contribution is -0.163. The van der Waals surface area contributed by atoms with Gasteiger partial charge >= 0.3 is 5.97 Å². The molecule has 1 amide bonds. The summed E-state index contributed by atoms with van der Waals surface area (Å²) in [5.74, 6) is -1.68. The van der Waals surface area contributed by atoms with Gasteiger partial charge in [-0.25, -0.2) is 4.79 Å². The summed E-state index contributed by atoms with van der Waals surface area (Å²) in [6, 6.07) is 11.0. The maximum Gasteiger partial charge on any atom is 0.327 e. The number of thioether (sulfide) groups is 1. The highest BCUT2D eigenvalue weighted by molar-refractivity contribution is 8.01. The van der Waals surface area contributed by atoms with E-state index in [1.165, 1.54) is 16.7 Å².